The maximum atomic E-state index is 13.5. The minimum Gasteiger partial charge on any atom is -0.383 e. The zero-order valence-electron chi connectivity index (χ0n) is 24.9. The lowest BCUT2D eigenvalue weighted by Crippen LogP contribution is -2.43. The van der Waals surface area contributed by atoms with Gasteiger partial charge in [-0.3, -0.25) is 14.8 Å². The van der Waals surface area contributed by atoms with Gasteiger partial charge in [0.05, 0.1) is 40.1 Å². The Bertz CT molecular complexity index is 1880. The molecule has 5 rings (SSSR count). The molecule has 9 nitrogen and oxygen atoms in total. The number of alkyl halides is 1. The molecule has 0 spiro atoms. The number of nitrogens with one attached hydrogen (secondary N) is 4. The standard InChI is InChI=1S/C33H35FN8O/c1-7-21-17-36-30-22(16-35)13-23(14-27(30)29(21)37-19-33(3,4)5)38-31(28-18-42(40-39-28)20(2)15-34)25-9-8-10-26-24(25)11-12-41(6)32(26)43/h1,8-14,17-18,20,31,38-40H,15,19H2,2-6H3,(H,36,37)/t20-,31-/m0/s1. The molecule has 10 heteroatoms. The third-order valence-electron chi connectivity index (χ3n) is 7.44. The zero-order chi connectivity index (χ0) is 30.9. The Morgan fingerprint density at radius 1 is 1.16 bits per heavy atom. The Kier molecular flexibility index (Phi) is 7.99. The second-order valence-corrected chi connectivity index (χ2v) is 12.0. The first-order valence-electron chi connectivity index (χ1n) is 14.0. The van der Waals surface area contributed by atoms with Gasteiger partial charge in [-0.25, -0.2) is 4.39 Å². The highest BCUT2D eigenvalue weighted by atomic mass is 19.1. The van der Waals surface area contributed by atoms with Crippen LogP contribution in [0, 0.1) is 29.1 Å². The molecule has 4 N–H and O–H groups in total. The van der Waals surface area contributed by atoms with Gasteiger partial charge in [-0.2, -0.15) is 5.26 Å². The Morgan fingerprint density at radius 2 is 1.95 bits per heavy atom. The van der Waals surface area contributed by atoms with Gasteiger partial charge in [-0.1, -0.05) is 38.8 Å². The summed E-state index contributed by atoms with van der Waals surface area (Å²) in [4.78, 5) is 17.5. The van der Waals surface area contributed by atoms with Gasteiger partial charge in [0.15, 0.2) is 0 Å². The summed E-state index contributed by atoms with van der Waals surface area (Å²) in [5.41, 5.74) is 10.5. The normalized spacial score (nSPS) is 14.5. The summed E-state index contributed by atoms with van der Waals surface area (Å²) in [7, 11) is 1.72. The number of nitrogens with zero attached hydrogens (tertiary/aromatic N) is 4. The predicted molar refractivity (Wildman–Crippen MR) is 170 cm³/mol. The van der Waals surface area contributed by atoms with E-state index in [9.17, 15) is 14.4 Å². The molecule has 0 saturated carbocycles. The third kappa shape index (κ3) is 5.83. The smallest absolute Gasteiger partial charge is 0.258 e. The fraction of sp³-hybridized carbons (Fsp3) is 0.303. The minimum atomic E-state index is -0.550. The van der Waals surface area contributed by atoms with Crippen molar-refractivity contribution in [3.8, 4) is 18.4 Å². The largest absolute Gasteiger partial charge is 0.383 e. The lowest BCUT2D eigenvalue weighted by molar-refractivity contribution is 0.178. The van der Waals surface area contributed by atoms with Crippen LogP contribution in [0.15, 0.2) is 65.5 Å². The summed E-state index contributed by atoms with van der Waals surface area (Å²) in [6.07, 6.45) is 11.0. The van der Waals surface area contributed by atoms with Crippen molar-refractivity contribution >= 4 is 33.1 Å². The molecule has 2 aromatic heterocycles. The van der Waals surface area contributed by atoms with Gasteiger partial charge in [0.1, 0.15) is 12.7 Å². The van der Waals surface area contributed by atoms with Crippen molar-refractivity contribution in [3.05, 3.63) is 87.7 Å². The van der Waals surface area contributed by atoms with Crippen LogP contribution in [-0.2, 0) is 7.05 Å². The fourth-order valence-electron chi connectivity index (χ4n) is 5.07. The molecule has 43 heavy (non-hydrogen) atoms. The second kappa shape index (κ2) is 11.7. The number of pyridine rings is 2. The number of fused-ring (bicyclic) bond motifs is 2. The number of aryl methyl sites for hydroxylation is 1. The number of benzene rings is 2. The van der Waals surface area contributed by atoms with Gasteiger partial charge in [-0.15, -0.1) is 12.0 Å². The Morgan fingerprint density at radius 3 is 2.65 bits per heavy atom. The quantitative estimate of drug-likeness (QED) is 0.215. The Balaban J connectivity index is 1.69. The summed E-state index contributed by atoms with van der Waals surface area (Å²) in [5.74, 6) is 2.72. The minimum absolute atomic E-state index is 0.0257. The van der Waals surface area contributed by atoms with E-state index in [2.05, 4.69) is 59.3 Å². The maximum absolute atomic E-state index is 13.5. The molecule has 3 heterocycles. The molecule has 0 radical (unpaired) electrons. The first kappa shape index (κ1) is 29.4. The SMILES string of the molecule is C#Cc1cnc2c(C#N)cc(N[C@H](C3=CN([C@@H](C)CF)NN3)c3cccc4c(=O)n(C)ccc34)cc2c1NCC(C)(C)C. The summed E-state index contributed by atoms with van der Waals surface area (Å²) in [5, 5.41) is 20.9. The van der Waals surface area contributed by atoms with Gasteiger partial charge in [0, 0.05) is 48.6 Å². The summed E-state index contributed by atoms with van der Waals surface area (Å²) >= 11 is 0. The molecule has 2 aromatic carbocycles. The number of hydrazine groups is 2. The molecule has 0 bridgehead atoms. The van der Waals surface area contributed by atoms with Crippen molar-refractivity contribution in [1.29, 1.82) is 5.26 Å². The molecule has 220 valence electrons. The van der Waals surface area contributed by atoms with Crippen LogP contribution in [-0.4, -0.2) is 33.8 Å². The van der Waals surface area contributed by atoms with Crippen LogP contribution >= 0.6 is 0 Å². The van der Waals surface area contributed by atoms with Gasteiger partial charge >= 0.3 is 0 Å². The Labute approximate surface area is 250 Å². The van der Waals surface area contributed by atoms with Crippen LogP contribution < -0.4 is 27.2 Å². The summed E-state index contributed by atoms with van der Waals surface area (Å²) in [6, 6.07) is 12.5. The van der Waals surface area contributed by atoms with Gasteiger partial charge in [0.2, 0.25) is 0 Å². The average molecular weight is 579 g/mol. The molecule has 1 aliphatic heterocycles. The van der Waals surface area contributed by atoms with E-state index >= 15 is 0 Å². The average Bonchev–Trinajstić information content (AvgIpc) is 3.49. The predicted octanol–water partition coefficient (Wildman–Crippen LogP) is 5.08. The van der Waals surface area contributed by atoms with Crippen LogP contribution in [0.2, 0.25) is 0 Å². The van der Waals surface area contributed by atoms with Crippen molar-refractivity contribution in [3.63, 3.8) is 0 Å². The molecule has 0 saturated heterocycles. The van der Waals surface area contributed by atoms with Crippen LogP contribution in [0.25, 0.3) is 21.7 Å². The lowest BCUT2D eigenvalue weighted by Gasteiger charge is -2.24. The van der Waals surface area contributed by atoms with Crippen LogP contribution in [0.5, 0.6) is 0 Å². The van der Waals surface area contributed by atoms with E-state index in [1.54, 1.807) is 48.1 Å². The zero-order valence-corrected chi connectivity index (χ0v) is 24.9. The molecular formula is C33H35FN8O. The van der Waals surface area contributed by atoms with E-state index < -0.39 is 18.8 Å². The highest BCUT2D eigenvalue weighted by Gasteiger charge is 2.27. The number of aromatic nitrogens is 2. The Hall–Kier alpha value is -5.06. The number of hydrogen-bond acceptors (Lipinski definition) is 8. The monoisotopic (exact) mass is 578 g/mol. The molecule has 1 aliphatic rings. The second-order valence-electron chi connectivity index (χ2n) is 12.0. The number of anilines is 2. The van der Waals surface area contributed by atoms with Crippen molar-refractivity contribution in [2.24, 2.45) is 12.5 Å². The highest BCUT2D eigenvalue weighted by Crippen LogP contribution is 2.36. The molecule has 0 amide bonds. The van der Waals surface area contributed by atoms with E-state index in [0.29, 0.717) is 45.3 Å². The first-order chi connectivity index (χ1) is 20.5. The van der Waals surface area contributed by atoms with E-state index in [0.717, 1.165) is 16.6 Å². The van der Waals surface area contributed by atoms with Gasteiger partial charge < -0.3 is 20.6 Å². The number of terminal acetylenes is 1. The maximum Gasteiger partial charge on any atom is 0.258 e. The van der Waals surface area contributed by atoms with Crippen LogP contribution in [0.4, 0.5) is 15.8 Å². The third-order valence-corrected chi connectivity index (χ3v) is 7.44. The number of nitriles is 1. The van der Waals surface area contributed by atoms with Crippen LogP contribution in [0.1, 0.15) is 50.4 Å². The molecule has 4 aromatic rings. The van der Waals surface area contributed by atoms with E-state index in [-0.39, 0.29) is 11.0 Å². The van der Waals surface area contributed by atoms with E-state index in [4.69, 9.17) is 6.42 Å². The molecule has 0 aliphatic carbocycles. The molecule has 0 unspecified atom stereocenters. The lowest BCUT2D eigenvalue weighted by atomic mass is 9.95. The first-order valence-corrected chi connectivity index (χ1v) is 14.0. The highest BCUT2D eigenvalue weighted by molar-refractivity contribution is 5.99. The number of halogens is 1. The van der Waals surface area contributed by atoms with Crippen molar-refractivity contribution in [2.45, 2.75) is 39.8 Å². The van der Waals surface area contributed by atoms with Crippen molar-refractivity contribution in [2.75, 3.05) is 23.9 Å². The van der Waals surface area contributed by atoms with Gasteiger partial charge in [-0.05, 0) is 47.6 Å². The van der Waals surface area contributed by atoms with Crippen LogP contribution in [0.3, 0.4) is 0 Å². The molecule has 0 fully saturated rings. The molecular weight excluding hydrogens is 543 g/mol. The molecule has 2 atom stereocenters. The van der Waals surface area contributed by atoms with Crippen molar-refractivity contribution < 1.29 is 4.39 Å². The summed E-state index contributed by atoms with van der Waals surface area (Å²) < 4.78 is 15.1. The summed E-state index contributed by atoms with van der Waals surface area (Å²) in [6.45, 7) is 8.24. The van der Waals surface area contributed by atoms with E-state index in [1.165, 1.54) is 0 Å². The van der Waals surface area contributed by atoms with Gasteiger partial charge in [0.25, 0.3) is 5.56 Å². The number of hydrogen-bond donors (Lipinski definition) is 4. The van der Waals surface area contributed by atoms with E-state index in [1.807, 2.05) is 30.5 Å². The number of rotatable bonds is 8. The van der Waals surface area contributed by atoms with Crippen molar-refractivity contribution in [1.82, 2.24) is 25.5 Å². The fourth-order valence-corrected chi connectivity index (χ4v) is 5.07. The topological polar surface area (TPSA) is 110 Å².